The first kappa shape index (κ1) is 22.2. The molecule has 2 aliphatic rings. The second kappa shape index (κ2) is 8.53. The summed E-state index contributed by atoms with van der Waals surface area (Å²) in [5, 5.41) is 12.5. The SMILES string of the molecule is Cn1c(Nc2cc(C3CC3)nn([C@H]3CCOC3)c2=O)nc2ncc(Oc3cnn4ccncc34)c(Cl)c21. The molecule has 5 aromatic rings. The van der Waals surface area contributed by atoms with Gasteiger partial charge in [-0.3, -0.25) is 9.78 Å². The fourth-order valence-electron chi connectivity index (χ4n) is 4.59. The highest BCUT2D eigenvalue weighted by Gasteiger charge is 2.29. The van der Waals surface area contributed by atoms with Crippen LogP contribution in [0.15, 0.2) is 41.8 Å². The molecule has 0 spiro atoms. The molecule has 0 amide bonds. The number of nitrogens with zero attached hydrogens (tertiary/aromatic N) is 8. The molecule has 37 heavy (non-hydrogen) atoms. The van der Waals surface area contributed by atoms with E-state index >= 15 is 0 Å². The number of aromatic nitrogens is 8. The van der Waals surface area contributed by atoms with Gasteiger partial charge in [-0.25, -0.2) is 14.2 Å². The topological polar surface area (TPSA) is 126 Å². The summed E-state index contributed by atoms with van der Waals surface area (Å²) >= 11 is 6.76. The number of imidazole rings is 1. The minimum Gasteiger partial charge on any atom is -0.450 e. The fourth-order valence-corrected chi connectivity index (χ4v) is 4.89. The molecule has 1 aliphatic carbocycles. The summed E-state index contributed by atoms with van der Waals surface area (Å²) in [5.41, 5.74) is 2.79. The van der Waals surface area contributed by atoms with Crippen LogP contribution in [0.2, 0.25) is 5.02 Å². The number of aryl methyl sites for hydroxylation is 1. The average Bonchev–Trinajstić information content (AvgIpc) is 3.31. The Kier molecular flexibility index (Phi) is 5.11. The lowest BCUT2D eigenvalue weighted by Crippen LogP contribution is -2.30. The van der Waals surface area contributed by atoms with Crippen LogP contribution in [0.1, 0.15) is 36.9 Å². The summed E-state index contributed by atoms with van der Waals surface area (Å²) in [6.07, 6.45) is 11.0. The monoisotopic (exact) mass is 519 g/mol. The third-order valence-electron chi connectivity index (χ3n) is 6.76. The Bertz CT molecular complexity index is 1720. The van der Waals surface area contributed by atoms with Crippen LogP contribution >= 0.6 is 11.6 Å². The lowest BCUT2D eigenvalue weighted by Gasteiger charge is -2.15. The molecule has 1 saturated carbocycles. The van der Waals surface area contributed by atoms with Gasteiger partial charge in [0.25, 0.3) is 5.56 Å². The predicted octanol–water partition coefficient (Wildman–Crippen LogP) is 3.60. The summed E-state index contributed by atoms with van der Waals surface area (Å²) in [4.78, 5) is 26.5. The summed E-state index contributed by atoms with van der Waals surface area (Å²) in [5.74, 6) is 1.66. The fraction of sp³-hybridized carbons (Fsp3) is 0.333. The molecule has 12 nitrogen and oxygen atoms in total. The van der Waals surface area contributed by atoms with Crippen LogP contribution in [0.5, 0.6) is 11.5 Å². The van der Waals surface area contributed by atoms with Gasteiger partial charge >= 0.3 is 0 Å². The molecule has 7 rings (SSSR count). The van der Waals surface area contributed by atoms with Crippen LogP contribution in [0, 0.1) is 0 Å². The second-order valence-electron chi connectivity index (χ2n) is 9.27. The number of anilines is 2. The van der Waals surface area contributed by atoms with Gasteiger partial charge in [-0.05, 0) is 25.3 Å². The number of hydrogen-bond donors (Lipinski definition) is 1. The van der Waals surface area contributed by atoms with Gasteiger partial charge in [-0.15, -0.1) is 0 Å². The van der Waals surface area contributed by atoms with Gasteiger partial charge in [0.1, 0.15) is 21.7 Å². The molecule has 0 aromatic carbocycles. The van der Waals surface area contributed by atoms with Crippen molar-refractivity contribution in [2.75, 3.05) is 18.5 Å². The Balaban J connectivity index is 1.26. The minimum atomic E-state index is -0.211. The van der Waals surface area contributed by atoms with Gasteiger partial charge in [0.05, 0.1) is 36.9 Å². The van der Waals surface area contributed by atoms with Crippen LogP contribution < -0.4 is 15.6 Å². The first-order valence-electron chi connectivity index (χ1n) is 12.0. The van der Waals surface area contributed by atoms with Crippen molar-refractivity contribution in [2.45, 2.75) is 31.2 Å². The van der Waals surface area contributed by atoms with Gasteiger partial charge in [0, 0.05) is 32.0 Å². The van der Waals surface area contributed by atoms with E-state index in [2.05, 4.69) is 30.5 Å². The van der Waals surface area contributed by atoms with E-state index in [9.17, 15) is 4.79 Å². The van der Waals surface area contributed by atoms with Crippen molar-refractivity contribution in [3.05, 3.63) is 58.1 Å². The maximum absolute atomic E-state index is 13.4. The Morgan fingerprint density at radius 3 is 2.89 bits per heavy atom. The molecule has 0 unspecified atom stereocenters. The molecule has 1 atom stereocenters. The van der Waals surface area contributed by atoms with Crippen molar-refractivity contribution in [3.8, 4) is 11.5 Å². The van der Waals surface area contributed by atoms with Crippen molar-refractivity contribution in [3.63, 3.8) is 0 Å². The normalized spacial score (nSPS) is 17.6. The van der Waals surface area contributed by atoms with E-state index in [-0.39, 0.29) is 11.6 Å². The summed E-state index contributed by atoms with van der Waals surface area (Å²) < 4.78 is 16.5. The predicted molar refractivity (Wildman–Crippen MR) is 135 cm³/mol. The Hall–Kier alpha value is -4.03. The highest BCUT2D eigenvalue weighted by molar-refractivity contribution is 6.36. The van der Waals surface area contributed by atoms with Crippen molar-refractivity contribution >= 4 is 39.9 Å². The molecule has 1 saturated heterocycles. The molecular formula is C24H22ClN9O3. The lowest BCUT2D eigenvalue weighted by molar-refractivity contribution is 0.183. The lowest BCUT2D eigenvalue weighted by atomic mass is 10.2. The van der Waals surface area contributed by atoms with E-state index in [1.165, 1.54) is 6.20 Å². The van der Waals surface area contributed by atoms with E-state index < -0.39 is 0 Å². The zero-order valence-corrected chi connectivity index (χ0v) is 20.6. The molecule has 0 radical (unpaired) electrons. The molecule has 13 heteroatoms. The highest BCUT2D eigenvalue weighted by atomic mass is 35.5. The summed E-state index contributed by atoms with van der Waals surface area (Å²) in [6, 6.07) is 1.76. The molecule has 0 bridgehead atoms. The van der Waals surface area contributed by atoms with Gasteiger partial charge in [0.2, 0.25) is 5.95 Å². The smallest absolute Gasteiger partial charge is 0.290 e. The van der Waals surface area contributed by atoms with E-state index in [1.807, 2.05) is 6.07 Å². The van der Waals surface area contributed by atoms with Crippen LogP contribution in [0.25, 0.3) is 16.7 Å². The van der Waals surface area contributed by atoms with Crippen LogP contribution in [0.4, 0.5) is 11.6 Å². The largest absolute Gasteiger partial charge is 0.450 e. The molecule has 1 aliphatic heterocycles. The number of fused-ring (bicyclic) bond motifs is 2. The van der Waals surface area contributed by atoms with Crippen molar-refractivity contribution in [2.24, 2.45) is 7.05 Å². The van der Waals surface area contributed by atoms with E-state index in [1.54, 1.807) is 45.6 Å². The molecule has 6 heterocycles. The molecule has 2 fully saturated rings. The Labute approximate surface area is 214 Å². The first-order chi connectivity index (χ1) is 18.1. The van der Waals surface area contributed by atoms with Gasteiger partial charge in [-0.2, -0.15) is 15.2 Å². The Morgan fingerprint density at radius 2 is 2.08 bits per heavy atom. The quantitative estimate of drug-likeness (QED) is 0.358. The van der Waals surface area contributed by atoms with Crippen molar-refractivity contribution in [1.29, 1.82) is 0 Å². The maximum atomic E-state index is 13.4. The third-order valence-corrected chi connectivity index (χ3v) is 7.13. The van der Waals surface area contributed by atoms with E-state index in [4.69, 9.17) is 21.1 Å². The average molecular weight is 520 g/mol. The number of hydrogen-bond acceptors (Lipinski definition) is 9. The zero-order valence-electron chi connectivity index (χ0n) is 19.8. The molecule has 1 N–H and O–H groups in total. The van der Waals surface area contributed by atoms with E-state index in [0.29, 0.717) is 64.0 Å². The summed E-state index contributed by atoms with van der Waals surface area (Å²) in [6.45, 7) is 1.11. The highest BCUT2D eigenvalue weighted by Crippen LogP contribution is 2.40. The van der Waals surface area contributed by atoms with Crippen molar-refractivity contribution < 1.29 is 9.47 Å². The van der Waals surface area contributed by atoms with Gasteiger partial charge in [0.15, 0.2) is 17.1 Å². The number of halogens is 1. The van der Waals surface area contributed by atoms with Crippen LogP contribution in [0.3, 0.4) is 0 Å². The number of ether oxygens (including phenoxy) is 2. The minimum absolute atomic E-state index is 0.0712. The van der Waals surface area contributed by atoms with Gasteiger partial charge in [-0.1, -0.05) is 11.6 Å². The summed E-state index contributed by atoms with van der Waals surface area (Å²) in [7, 11) is 1.81. The number of rotatable bonds is 6. The zero-order chi connectivity index (χ0) is 25.1. The Morgan fingerprint density at radius 1 is 1.19 bits per heavy atom. The molecule has 5 aromatic heterocycles. The van der Waals surface area contributed by atoms with Crippen LogP contribution in [-0.4, -0.2) is 52.1 Å². The van der Waals surface area contributed by atoms with Crippen molar-refractivity contribution in [1.82, 2.24) is 38.9 Å². The maximum Gasteiger partial charge on any atom is 0.290 e. The number of pyridine rings is 1. The van der Waals surface area contributed by atoms with Gasteiger partial charge < -0.3 is 19.4 Å². The molecule has 188 valence electrons. The number of nitrogens with one attached hydrogen (secondary N) is 1. The second-order valence-corrected chi connectivity index (χ2v) is 9.65. The van der Waals surface area contributed by atoms with Crippen LogP contribution in [-0.2, 0) is 11.8 Å². The van der Waals surface area contributed by atoms with E-state index in [0.717, 1.165) is 25.0 Å². The third kappa shape index (κ3) is 3.80. The molecular weight excluding hydrogens is 498 g/mol. The first-order valence-corrected chi connectivity index (χ1v) is 12.4. The standard InChI is InChI=1S/C24H22ClN9O3/c1-32-21-20(25)19(37-18-11-28-33-6-5-26-9-17(18)33)10-27-22(21)30-24(32)29-16-8-15(13-2-3-13)31-34(23(16)35)14-4-7-36-12-14/h5-6,8-11,13-14H,2-4,7,12H2,1H3,(H,27,29,30)/t14-/m0/s1.